The molecule has 0 bridgehead atoms. The minimum Gasteiger partial charge on any atom is -0.305 e. The van der Waals surface area contributed by atoms with E-state index in [1.54, 1.807) is 6.07 Å². The van der Waals surface area contributed by atoms with Gasteiger partial charge < -0.3 is 5.32 Å². The summed E-state index contributed by atoms with van der Waals surface area (Å²) in [6.45, 7) is 0. The third-order valence-electron chi connectivity index (χ3n) is 1.83. The molecule has 86 valence electrons. The fourth-order valence-electron chi connectivity index (χ4n) is 1.09. The van der Waals surface area contributed by atoms with Crippen LogP contribution < -0.4 is 5.32 Å². The number of carbonyl (C=O) groups is 1. The molecule has 0 saturated heterocycles. The predicted octanol–water partition coefficient (Wildman–Crippen LogP) is 2.43. The second-order valence-electron chi connectivity index (χ2n) is 3.05. The quantitative estimate of drug-likeness (QED) is 0.909. The Morgan fingerprint density at radius 1 is 1.18 bits per heavy atom. The van der Waals surface area contributed by atoms with E-state index >= 15 is 0 Å². The maximum atomic E-state index is 11.7. The van der Waals surface area contributed by atoms with Crippen LogP contribution in [0.4, 0.5) is 5.82 Å². The van der Waals surface area contributed by atoms with Gasteiger partial charge in [-0.05, 0) is 24.3 Å². The molecule has 2 rings (SSSR count). The molecule has 0 fully saturated rings. The highest BCUT2D eigenvalue weighted by atomic mass is 35.5. The van der Waals surface area contributed by atoms with E-state index in [1.165, 1.54) is 24.4 Å². The predicted molar refractivity (Wildman–Crippen MR) is 64.2 cm³/mol. The molecule has 0 saturated carbocycles. The summed E-state index contributed by atoms with van der Waals surface area (Å²) in [5, 5.41) is 10.5. The molecular formula is C10H6Cl2N4O. The Morgan fingerprint density at radius 2 is 2.00 bits per heavy atom. The maximum Gasteiger partial charge on any atom is 0.277 e. The maximum absolute atomic E-state index is 11.7. The molecule has 0 aromatic carbocycles. The average Bonchev–Trinajstić information content (AvgIpc) is 2.29. The van der Waals surface area contributed by atoms with E-state index in [0.29, 0.717) is 10.8 Å². The lowest BCUT2D eigenvalue weighted by atomic mass is 10.3. The van der Waals surface area contributed by atoms with Crippen LogP contribution in [0.1, 0.15) is 10.5 Å². The van der Waals surface area contributed by atoms with Gasteiger partial charge in [0.1, 0.15) is 5.82 Å². The van der Waals surface area contributed by atoms with Crippen LogP contribution in [0.3, 0.4) is 0 Å². The van der Waals surface area contributed by atoms with Gasteiger partial charge in [0.15, 0.2) is 10.8 Å². The molecule has 0 aliphatic rings. The molecule has 7 heteroatoms. The Labute approximate surface area is 107 Å². The number of hydrogen-bond donors (Lipinski definition) is 1. The lowest BCUT2D eigenvalue weighted by Crippen LogP contribution is -2.14. The summed E-state index contributed by atoms with van der Waals surface area (Å²) in [6, 6.07) is 6.09. The number of amides is 1. The van der Waals surface area contributed by atoms with Crippen molar-refractivity contribution in [1.82, 2.24) is 15.2 Å². The molecule has 2 heterocycles. The van der Waals surface area contributed by atoms with Crippen molar-refractivity contribution in [3.05, 3.63) is 46.3 Å². The summed E-state index contributed by atoms with van der Waals surface area (Å²) in [4.78, 5) is 15.6. The fraction of sp³-hybridized carbons (Fsp3) is 0. The van der Waals surface area contributed by atoms with Crippen LogP contribution in [0.15, 0.2) is 30.5 Å². The third kappa shape index (κ3) is 3.12. The van der Waals surface area contributed by atoms with Gasteiger partial charge in [0.2, 0.25) is 0 Å². The van der Waals surface area contributed by atoms with Gasteiger partial charge in [-0.2, -0.15) is 0 Å². The van der Waals surface area contributed by atoms with Gasteiger partial charge in [0.05, 0.1) is 0 Å². The summed E-state index contributed by atoms with van der Waals surface area (Å²) < 4.78 is 0. The number of aromatic nitrogens is 3. The van der Waals surface area contributed by atoms with Gasteiger partial charge in [0, 0.05) is 11.2 Å². The summed E-state index contributed by atoms with van der Waals surface area (Å²) in [5.74, 6) is -0.0804. The highest BCUT2D eigenvalue weighted by molar-refractivity contribution is 6.30. The van der Waals surface area contributed by atoms with E-state index in [0.717, 1.165) is 0 Å². The zero-order valence-electron chi connectivity index (χ0n) is 8.39. The van der Waals surface area contributed by atoms with Crippen molar-refractivity contribution in [1.29, 1.82) is 0 Å². The summed E-state index contributed by atoms with van der Waals surface area (Å²) in [6.07, 6.45) is 1.49. The highest BCUT2D eigenvalue weighted by Crippen LogP contribution is 2.12. The zero-order valence-corrected chi connectivity index (χ0v) is 9.90. The lowest BCUT2D eigenvalue weighted by molar-refractivity contribution is 0.102. The van der Waals surface area contributed by atoms with Crippen LogP contribution in [0, 0.1) is 0 Å². The van der Waals surface area contributed by atoms with Crippen LogP contribution >= 0.6 is 23.2 Å². The smallest absolute Gasteiger partial charge is 0.277 e. The number of nitrogens with zero attached hydrogens (tertiary/aromatic N) is 3. The van der Waals surface area contributed by atoms with E-state index in [4.69, 9.17) is 23.2 Å². The number of pyridine rings is 1. The number of hydrogen-bond acceptors (Lipinski definition) is 4. The zero-order chi connectivity index (χ0) is 12.3. The van der Waals surface area contributed by atoms with E-state index in [2.05, 4.69) is 20.5 Å². The molecule has 2 aromatic heterocycles. The van der Waals surface area contributed by atoms with Crippen molar-refractivity contribution >= 4 is 34.9 Å². The first kappa shape index (κ1) is 11.8. The minimum absolute atomic E-state index is 0.149. The molecule has 1 amide bonds. The van der Waals surface area contributed by atoms with E-state index in [-0.39, 0.29) is 10.8 Å². The van der Waals surface area contributed by atoms with E-state index in [1.807, 2.05) is 0 Å². The van der Waals surface area contributed by atoms with Crippen molar-refractivity contribution in [2.24, 2.45) is 0 Å². The third-order valence-corrected chi connectivity index (χ3v) is 2.26. The van der Waals surface area contributed by atoms with Gasteiger partial charge in [-0.25, -0.2) is 4.98 Å². The Morgan fingerprint density at radius 3 is 2.65 bits per heavy atom. The monoisotopic (exact) mass is 268 g/mol. The molecule has 0 aliphatic carbocycles. The Balaban J connectivity index is 2.14. The van der Waals surface area contributed by atoms with Crippen LogP contribution in [-0.2, 0) is 0 Å². The molecule has 2 aromatic rings. The second kappa shape index (κ2) is 5.07. The molecule has 0 radical (unpaired) electrons. The number of halogens is 2. The number of anilines is 1. The molecule has 0 atom stereocenters. The molecule has 5 nitrogen and oxygen atoms in total. The van der Waals surface area contributed by atoms with Crippen LogP contribution in [0.2, 0.25) is 10.2 Å². The highest BCUT2D eigenvalue weighted by Gasteiger charge is 2.09. The normalized spacial score (nSPS) is 10.0. The topological polar surface area (TPSA) is 67.8 Å². The average molecular weight is 269 g/mol. The number of rotatable bonds is 2. The van der Waals surface area contributed by atoms with Crippen molar-refractivity contribution in [3.63, 3.8) is 0 Å². The first-order valence-electron chi connectivity index (χ1n) is 4.57. The first-order chi connectivity index (χ1) is 8.15. The standard InChI is InChI=1S/C10H6Cl2N4O/c11-6-3-4-13-9(5-6)14-10(17)7-1-2-8(12)16-15-7/h1-5H,(H,13,14,17). The number of carbonyl (C=O) groups excluding carboxylic acids is 1. The summed E-state index contributed by atoms with van der Waals surface area (Å²) >= 11 is 11.3. The van der Waals surface area contributed by atoms with Crippen LogP contribution in [-0.4, -0.2) is 21.1 Å². The van der Waals surface area contributed by atoms with Crippen LogP contribution in [0.25, 0.3) is 0 Å². The van der Waals surface area contributed by atoms with Gasteiger partial charge in [-0.15, -0.1) is 10.2 Å². The molecule has 17 heavy (non-hydrogen) atoms. The first-order valence-corrected chi connectivity index (χ1v) is 5.33. The van der Waals surface area contributed by atoms with Crippen molar-refractivity contribution in [2.45, 2.75) is 0 Å². The van der Waals surface area contributed by atoms with E-state index in [9.17, 15) is 4.79 Å². The molecule has 0 spiro atoms. The summed E-state index contributed by atoms with van der Waals surface area (Å²) in [7, 11) is 0. The molecular weight excluding hydrogens is 263 g/mol. The largest absolute Gasteiger partial charge is 0.305 e. The Bertz CT molecular complexity index is 544. The molecule has 0 aliphatic heterocycles. The van der Waals surface area contributed by atoms with Crippen LogP contribution in [0.5, 0.6) is 0 Å². The van der Waals surface area contributed by atoms with Gasteiger partial charge in [-0.1, -0.05) is 23.2 Å². The molecule has 0 unspecified atom stereocenters. The van der Waals surface area contributed by atoms with Crippen molar-refractivity contribution < 1.29 is 4.79 Å². The summed E-state index contributed by atoms with van der Waals surface area (Å²) in [5.41, 5.74) is 0.149. The Hall–Kier alpha value is -1.72. The fourth-order valence-corrected chi connectivity index (χ4v) is 1.35. The number of nitrogens with one attached hydrogen (secondary N) is 1. The van der Waals surface area contributed by atoms with Crippen molar-refractivity contribution in [2.75, 3.05) is 5.32 Å². The van der Waals surface area contributed by atoms with Crippen molar-refractivity contribution in [3.8, 4) is 0 Å². The Kier molecular flexibility index (Phi) is 3.51. The SMILES string of the molecule is O=C(Nc1cc(Cl)ccn1)c1ccc(Cl)nn1. The van der Waals surface area contributed by atoms with Gasteiger partial charge in [-0.3, -0.25) is 4.79 Å². The lowest BCUT2D eigenvalue weighted by Gasteiger charge is -2.03. The second-order valence-corrected chi connectivity index (χ2v) is 3.88. The van der Waals surface area contributed by atoms with E-state index < -0.39 is 5.91 Å². The van der Waals surface area contributed by atoms with Gasteiger partial charge >= 0.3 is 0 Å². The molecule has 1 N–H and O–H groups in total. The van der Waals surface area contributed by atoms with Gasteiger partial charge in [0.25, 0.3) is 5.91 Å². The minimum atomic E-state index is -0.427.